The average molecular weight is 553 g/mol. The van der Waals surface area contributed by atoms with Crippen LogP contribution in [0.25, 0.3) is 6.08 Å². The summed E-state index contributed by atoms with van der Waals surface area (Å²) in [6.07, 6.45) is -4.37. The Balaban J connectivity index is 1.67. The third-order valence-corrected chi connectivity index (χ3v) is 7.14. The highest BCUT2D eigenvalue weighted by Gasteiger charge is 2.44. The van der Waals surface area contributed by atoms with E-state index in [9.17, 15) is 26.7 Å². The molecule has 2 fully saturated rings. The number of nitrogens with zero attached hydrogens (tertiary/aromatic N) is 2. The van der Waals surface area contributed by atoms with Crippen molar-refractivity contribution >= 4 is 17.9 Å². The minimum Gasteiger partial charge on any atom is -0.457 e. The van der Waals surface area contributed by atoms with Crippen molar-refractivity contribution in [3.05, 3.63) is 59.7 Å². The van der Waals surface area contributed by atoms with Crippen LogP contribution in [0.2, 0.25) is 0 Å². The molecule has 4 rings (SSSR count). The fraction of sp³-hybridized carbons (Fsp3) is 0.483. The lowest BCUT2D eigenvalue weighted by molar-refractivity contribution is -0.138. The van der Waals surface area contributed by atoms with Gasteiger partial charge in [-0.1, -0.05) is 18.2 Å². The molecule has 2 aromatic rings. The van der Waals surface area contributed by atoms with E-state index in [-0.39, 0.29) is 35.5 Å². The Kier molecular flexibility index (Phi) is 8.14. The quantitative estimate of drug-likeness (QED) is 0.358. The molecule has 212 valence electrons. The van der Waals surface area contributed by atoms with E-state index < -0.39 is 35.3 Å². The van der Waals surface area contributed by atoms with Gasteiger partial charge in [0.1, 0.15) is 22.7 Å². The summed E-state index contributed by atoms with van der Waals surface area (Å²) in [6.45, 7) is 6.72. The second kappa shape index (κ2) is 11.1. The van der Waals surface area contributed by atoms with Gasteiger partial charge < -0.3 is 19.3 Å². The van der Waals surface area contributed by atoms with Gasteiger partial charge in [-0.05, 0) is 76.1 Å². The number of carbonyl (C=O) groups excluding carboxylic acids is 1. The highest BCUT2D eigenvalue weighted by molar-refractivity contribution is 5.75. The molecule has 2 aliphatic rings. The Morgan fingerprint density at radius 1 is 0.949 bits per heavy atom. The molecule has 0 atom stereocenters. The maximum absolute atomic E-state index is 14.6. The fourth-order valence-electron chi connectivity index (χ4n) is 5.43. The van der Waals surface area contributed by atoms with E-state index in [1.807, 2.05) is 0 Å². The normalized spacial score (nSPS) is 17.6. The Labute approximate surface area is 225 Å². The summed E-state index contributed by atoms with van der Waals surface area (Å²) in [5.74, 6) is -0.238. The summed E-state index contributed by atoms with van der Waals surface area (Å²) in [6, 6.07) is 10.4. The van der Waals surface area contributed by atoms with Crippen LogP contribution >= 0.6 is 0 Å². The van der Waals surface area contributed by atoms with Crippen LogP contribution in [-0.2, 0) is 10.9 Å². The molecule has 1 amide bonds. The van der Waals surface area contributed by atoms with Crippen LogP contribution in [0.1, 0.15) is 57.6 Å². The van der Waals surface area contributed by atoms with E-state index in [1.54, 1.807) is 48.8 Å². The van der Waals surface area contributed by atoms with Gasteiger partial charge in [-0.15, -0.1) is 0 Å². The van der Waals surface area contributed by atoms with Crippen LogP contribution in [-0.4, -0.2) is 42.8 Å². The van der Waals surface area contributed by atoms with Crippen molar-refractivity contribution in [1.29, 1.82) is 0 Å². The van der Waals surface area contributed by atoms with Crippen LogP contribution in [0.3, 0.4) is 0 Å². The first-order valence-corrected chi connectivity index (χ1v) is 13.0. The van der Waals surface area contributed by atoms with E-state index >= 15 is 0 Å². The highest BCUT2D eigenvalue weighted by Crippen LogP contribution is 2.49. The van der Waals surface area contributed by atoms with Crippen molar-refractivity contribution in [2.24, 2.45) is 5.41 Å². The number of benzene rings is 2. The number of hydrogen-bond donors (Lipinski definition) is 0. The van der Waals surface area contributed by atoms with E-state index in [2.05, 4.69) is 0 Å². The molecule has 0 saturated carbocycles. The topological polar surface area (TPSA) is 42.0 Å². The highest BCUT2D eigenvalue weighted by atomic mass is 19.4. The predicted molar refractivity (Wildman–Crippen MR) is 139 cm³/mol. The van der Waals surface area contributed by atoms with Crippen molar-refractivity contribution in [2.45, 2.75) is 58.2 Å². The Morgan fingerprint density at radius 3 is 2.21 bits per heavy atom. The number of para-hydroxylation sites is 1. The number of piperidine rings is 2. The number of anilines is 1. The van der Waals surface area contributed by atoms with Crippen LogP contribution in [0.5, 0.6) is 11.5 Å². The lowest BCUT2D eigenvalue weighted by Crippen LogP contribution is -2.51. The molecule has 0 aliphatic carbocycles. The number of likely N-dealkylation sites (tertiary alicyclic amines) is 1. The molecular weight excluding hydrogens is 519 g/mol. The lowest BCUT2D eigenvalue weighted by Gasteiger charge is -2.49. The minimum atomic E-state index is -4.86. The van der Waals surface area contributed by atoms with E-state index in [4.69, 9.17) is 9.47 Å². The summed E-state index contributed by atoms with van der Waals surface area (Å²) >= 11 is 0. The Hall–Kier alpha value is -3.30. The van der Waals surface area contributed by atoms with Gasteiger partial charge in [-0.2, -0.15) is 22.0 Å². The first-order valence-electron chi connectivity index (χ1n) is 13.0. The molecule has 5 nitrogen and oxygen atoms in total. The van der Waals surface area contributed by atoms with E-state index in [0.717, 1.165) is 12.5 Å². The van der Waals surface area contributed by atoms with Gasteiger partial charge in [0.15, 0.2) is 0 Å². The molecule has 2 aromatic carbocycles. The third kappa shape index (κ3) is 7.02. The van der Waals surface area contributed by atoms with Crippen molar-refractivity contribution < 1.29 is 36.2 Å². The number of carbonyl (C=O) groups is 1. The van der Waals surface area contributed by atoms with Crippen LogP contribution in [0, 0.1) is 5.41 Å². The third-order valence-electron chi connectivity index (χ3n) is 7.14. The number of ether oxygens (including phenoxy) is 2. The first kappa shape index (κ1) is 28.7. The molecule has 39 heavy (non-hydrogen) atoms. The molecule has 1 spiro atoms. The molecule has 2 aliphatic heterocycles. The minimum absolute atomic E-state index is 0.207. The van der Waals surface area contributed by atoms with Crippen molar-refractivity contribution in [2.75, 3.05) is 31.1 Å². The standard InChI is InChI=1S/C29H33F5N2O3/c1-27(2,3)39-26(37)35-16-13-28(14-17-35)12-7-15-36(19-28)25-20(18-23(30)31)10-11-22(24(25)29(32,33)34)38-21-8-5-4-6-9-21/h4-6,8-11,18H,7,12-17,19H2,1-3H3. The molecule has 10 heteroatoms. The SMILES string of the molecule is CC(C)(C)OC(=O)N1CCC2(CCCN(c3c(C=C(F)F)ccc(Oc4ccccc4)c3C(F)(F)F)C2)CC1. The Bertz CT molecular complexity index is 1200. The molecule has 0 radical (unpaired) electrons. The van der Waals surface area contributed by atoms with Gasteiger partial charge in [-0.3, -0.25) is 0 Å². The first-order chi connectivity index (χ1) is 18.3. The second-order valence-corrected chi connectivity index (χ2v) is 11.2. The molecule has 2 saturated heterocycles. The summed E-state index contributed by atoms with van der Waals surface area (Å²) in [7, 11) is 0. The van der Waals surface area contributed by atoms with Gasteiger partial charge in [0.05, 0.1) is 5.69 Å². The van der Waals surface area contributed by atoms with Crippen LogP contribution < -0.4 is 9.64 Å². The van der Waals surface area contributed by atoms with Gasteiger partial charge >= 0.3 is 12.3 Å². The van der Waals surface area contributed by atoms with Gasteiger partial charge in [0, 0.05) is 37.8 Å². The fourth-order valence-corrected chi connectivity index (χ4v) is 5.43. The maximum Gasteiger partial charge on any atom is 0.422 e. The zero-order valence-corrected chi connectivity index (χ0v) is 22.3. The van der Waals surface area contributed by atoms with E-state index in [1.165, 1.54) is 18.2 Å². The van der Waals surface area contributed by atoms with Gasteiger partial charge in [0.25, 0.3) is 6.08 Å². The van der Waals surface area contributed by atoms with Crippen molar-refractivity contribution in [1.82, 2.24) is 4.90 Å². The molecule has 0 unspecified atom stereocenters. The molecule has 2 heterocycles. The Morgan fingerprint density at radius 2 is 1.62 bits per heavy atom. The summed E-state index contributed by atoms with van der Waals surface area (Å²) < 4.78 is 81.8. The van der Waals surface area contributed by atoms with Crippen LogP contribution in [0.4, 0.5) is 32.4 Å². The number of amides is 1. The summed E-state index contributed by atoms with van der Waals surface area (Å²) in [5.41, 5.74) is -2.59. The zero-order valence-electron chi connectivity index (χ0n) is 22.3. The smallest absolute Gasteiger partial charge is 0.422 e. The number of rotatable bonds is 4. The molecule has 0 aromatic heterocycles. The zero-order chi connectivity index (χ0) is 28.4. The molecular formula is C29H33F5N2O3. The summed E-state index contributed by atoms with van der Waals surface area (Å²) in [4.78, 5) is 15.7. The van der Waals surface area contributed by atoms with Gasteiger partial charge in [0.2, 0.25) is 0 Å². The molecule has 0 bridgehead atoms. The summed E-state index contributed by atoms with van der Waals surface area (Å²) in [5, 5.41) is 0. The molecule has 0 N–H and O–H groups in total. The van der Waals surface area contributed by atoms with Crippen LogP contribution in [0.15, 0.2) is 48.5 Å². The number of halogens is 5. The average Bonchev–Trinajstić information content (AvgIpc) is 2.84. The second-order valence-electron chi connectivity index (χ2n) is 11.2. The largest absolute Gasteiger partial charge is 0.457 e. The van der Waals surface area contributed by atoms with E-state index in [0.29, 0.717) is 38.4 Å². The maximum atomic E-state index is 14.6. The monoisotopic (exact) mass is 552 g/mol. The van der Waals surface area contributed by atoms with Gasteiger partial charge in [-0.25, -0.2) is 4.79 Å². The van der Waals surface area contributed by atoms with Crippen molar-refractivity contribution in [3.8, 4) is 11.5 Å². The van der Waals surface area contributed by atoms with Crippen molar-refractivity contribution in [3.63, 3.8) is 0 Å². The number of alkyl halides is 3. The lowest BCUT2D eigenvalue weighted by atomic mass is 9.72. The predicted octanol–water partition coefficient (Wildman–Crippen LogP) is 8.35. The number of hydrogen-bond acceptors (Lipinski definition) is 4.